The van der Waals surface area contributed by atoms with Crippen molar-refractivity contribution in [2.45, 2.75) is 38.4 Å². The Balaban J connectivity index is 2.01. The lowest BCUT2D eigenvalue weighted by Crippen LogP contribution is -2.17. The summed E-state index contributed by atoms with van der Waals surface area (Å²) in [7, 11) is 0. The van der Waals surface area contributed by atoms with Crippen molar-refractivity contribution in [2.24, 2.45) is 0 Å². The lowest BCUT2D eigenvalue weighted by Gasteiger charge is -2.13. The van der Waals surface area contributed by atoms with E-state index in [0.717, 1.165) is 17.9 Å². The summed E-state index contributed by atoms with van der Waals surface area (Å²) >= 11 is 0. The van der Waals surface area contributed by atoms with Crippen molar-refractivity contribution < 1.29 is 4.39 Å². The van der Waals surface area contributed by atoms with Crippen molar-refractivity contribution in [1.29, 1.82) is 0 Å². The Kier molecular flexibility index (Phi) is 2.61. The minimum atomic E-state index is -0.649. The van der Waals surface area contributed by atoms with Crippen LogP contribution in [-0.4, -0.2) is 22.2 Å². The van der Waals surface area contributed by atoms with Gasteiger partial charge in [-0.1, -0.05) is 0 Å². The highest BCUT2D eigenvalue weighted by atomic mass is 19.1. The fraction of sp³-hybridized carbons (Fsp3) is 0.600. The van der Waals surface area contributed by atoms with Crippen LogP contribution < -0.4 is 5.32 Å². The predicted molar refractivity (Wildman–Crippen MR) is 52.9 cm³/mol. The van der Waals surface area contributed by atoms with Crippen molar-refractivity contribution in [1.82, 2.24) is 9.97 Å². The van der Waals surface area contributed by atoms with Crippen molar-refractivity contribution >= 4 is 5.82 Å². The van der Waals surface area contributed by atoms with Gasteiger partial charge in [0.05, 0.1) is 5.69 Å². The molecule has 0 amide bonds. The molecule has 3 nitrogen and oxygen atoms in total. The highest BCUT2D eigenvalue weighted by molar-refractivity contribution is 5.39. The molecule has 0 bridgehead atoms. The molecule has 76 valence electrons. The van der Waals surface area contributed by atoms with E-state index in [2.05, 4.69) is 15.3 Å². The second kappa shape index (κ2) is 3.90. The fourth-order valence-electron chi connectivity index (χ4n) is 1.80. The second-order valence-corrected chi connectivity index (χ2v) is 3.74. The zero-order valence-corrected chi connectivity index (χ0v) is 8.20. The molecule has 1 N–H and O–H groups in total. The number of alkyl halides is 1. The van der Waals surface area contributed by atoms with E-state index in [1.165, 1.54) is 0 Å². The number of anilines is 1. The molecule has 1 saturated carbocycles. The first-order chi connectivity index (χ1) is 6.75. The molecule has 2 atom stereocenters. The zero-order valence-electron chi connectivity index (χ0n) is 8.20. The van der Waals surface area contributed by atoms with Crippen LogP contribution in [0.1, 0.15) is 25.0 Å². The van der Waals surface area contributed by atoms with E-state index >= 15 is 0 Å². The lowest BCUT2D eigenvalue weighted by molar-refractivity contribution is 0.341. The Morgan fingerprint density at radius 2 is 2.14 bits per heavy atom. The summed E-state index contributed by atoms with van der Waals surface area (Å²) in [5, 5.41) is 3.23. The molecule has 1 aliphatic rings. The highest BCUT2D eigenvalue weighted by Crippen LogP contribution is 2.24. The lowest BCUT2D eigenvalue weighted by atomic mass is 10.2. The summed E-state index contributed by atoms with van der Waals surface area (Å²) < 4.78 is 12.9. The first-order valence-corrected chi connectivity index (χ1v) is 4.94. The summed E-state index contributed by atoms with van der Waals surface area (Å²) in [5.41, 5.74) is 0.870. The van der Waals surface area contributed by atoms with Gasteiger partial charge in [-0.2, -0.15) is 0 Å². The average molecular weight is 195 g/mol. The van der Waals surface area contributed by atoms with Gasteiger partial charge in [-0.3, -0.25) is 4.98 Å². The number of aryl methyl sites for hydroxylation is 1. The Morgan fingerprint density at radius 1 is 1.36 bits per heavy atom. The van der Waals surface area contributed by atoms with Crippen LogP contribution in [0.25, 0.3) is 0 Å². The minimum Gasteiger partial charge on any atom is -0.366 e. The zero-order chi connectivity index (χ0) is 9.97. The topological polar surface area (TPSA) is 37.8 Å². The number of hydrogen-bond acceptors (Lipinski definition) is 3. The van der Waals surface area contributed by atoms with Gasteiger partial charge in [0.2, 0.25) is 0 Å². The van der Waals surface area contributed by atoms with E-state index in [1.54, 1.807) is 12.4 Å². The number of rotatable bonds is 2. The Hall–Kier alpha value is -1.19. The van der Waals surface area contributed by atoms with Gasteiger partial charge < -0.3 is 5.32 Å². The summed E-state index contributed by atoms with van der Waals surface area (Å²) in [6.07, 6.45) is 4.80. The molecule has 0 saturated heterocycles. The number of nitrogens with zero attached hydrogens (tertiary/aromatic N) is 2. The van der Waals surface area contributed by atoms with Gasteiger partial charge in [0.15, 0.2) is 0 Å². The standard InChI is InChI=1S/C10H14FN3/c1-7-10(13-5-4-12-7)14-9-3-2-8(11)6-9/h4-5,8-9H,2-3,6H2,1H3,(H,13,14). The van der Waals surface area contributed by atoms with Gasteiger partial charge in [0.25, 0.3) is 0 Å². The number of halogens is 1. The van der Waals surface area contributed by atoms with Crippen LogP contribution in [-0.2, 0) is 0 Å². The maximum Gasteiger partial charge on any atom is 0.147 e. The molecule has 1 aromatic heterocycles. The molecular weight excluding hydrogens is 181 g/mol. The van der Waals surface area contributed by atoms with E-state index in [1.807, 2.05) is 6.92 Å². The predicted octanol–water partition coefficient (Wildman–Crippen LogP) is 2.09. The minimum absolute atomic E-state index is 0.223. The molecule has 0 aliphatic heterocycles. The van der Waals surface area contributed by atoms with Crippen LogP contribution in [0, 0.1) is 6.92 Å². The van der Waals surface area contributed by atoms with Gasteiger partial charge in [0.1, 0.15) is 12.0 Å². The molecule has 0 radical (unpaired) electrons. The Morgan fingerprint density at radius 3 is 2.79 bits per heavy atom. The monoisotopic (exact) mass is 195 g/mol. The van der Waals surface area contributed by atoms with Gasteiger partial charge in [0, 0.05) is 18.4 Å². The van der Waals surface area contributed by atoms with Crippen molar-refractivity contribution in [3.8, 4) is 0 Å². The van der Waals surface area contributed by atoms with E-state index in [4.69, 9.17) is 0 Å². The maximum atomic E-state index is 12.9. The first-order valence-electron chi connectivity index (χ1n) is 4.94. The molecule has 2 rings (SSSR count). The van der Waals surface area contributed by atoms with Gasteiger partial charge in [-0.25, -0.2) is 9.37 Å². The third kappa shape index (κ3) is 2.00. The number of aromatic nitrogens is 2. The van der Waals surface area contributed by atoms with E-state index in [0.29, 0.717) is 12.8 Å². The smallest absolute Gasteiger partial charge is 0.147 e. The normalized spacial score (nSPS) is 26.4. The molecule has 1 aliphatic carbocycles. The van der Waals surface area contributed by atoms with Crippen LogP contribution in [0.3, 0.4) is 0 Å². The van der Waals surface area contributed by atoms with Gasteiger partial charge in [-0.05, 0) is 26.2 Å². The Bertz CT molecular complexity index is 316. The van der Waals surface area contributed by atoms with Crippen LogP contribution in [0.4, 0.5) is 10.2 Å². The van der Waals surface area contributed by atoms with Crippen molar-refractivity contribution in [3.63, 3.8) is 0 Å². The van der Waals surface area contributed by atoms with Gasteiger partial charge >= 0.3 is 0 Å². The third-order valence-electron chi connectivity index (χ3n) is 2.59. The second-order valence-electron chi connectivity index (χ2n) is 3.74. The Labute approximate surface area is 82.8 Å². The molecule has 0 spiro atoms. The van der Waals surface area contributed by atoms with Crippen LogP contribution in [0.2, 0.25) is 0 Å². The molecular formula is C10H14FN3. The SMILES string of the molecule is Cc1nccnc1NC1CCC(F)C1. The average Bonchev–Trinajstić information content (AvgIpc) is 2.56. The summed E-state index contributed by atoms with van der Waals surface area (Å²) in [6, 6.07) is 0.223. The summed E-state index contributed by atoms with van der Waals surface area (Å²) in [5.74, 6) is 0.784. The van der Waals surface area contributed by atoms with Crippen LogP contribution in [0.5, 0.6) is 0 Å². The molecule has 1 aromatic rings. The number of nitrogens with one attached hydrogen (secondary N) is 1. The van der Waals surface area contributed by atoms with Gasteiger partial charge in [-0.15, -0.1) is 0 Å². The number of hydrogen-bond donors (Lipinski definition) is 1. The first kappa shape index (κ1) is 9.37. The quantitative estimate of drug-likeness (QED) is 0.785. The van der Waals surface area contributed by atoms with Crippen LogP contribution in [0.15, 0.2) is 12.4 Å². The molecule has 4 heteroatoms. The van der Waals surface area contributed by atoms with E-state index < -0.39 is 6.17 Å². The van der Waals surface area contributed by atoms with Crippen molar-refractivity contribution in [3.05, 3.63) is 18.1 Å². The van der Waals surface area contributed by atoms with Crippen molar-refractivity contribution in [2.75, 3.05) is 5.32 Å². The molecule has 1 heterocycles. The van der Waals surface area contributed by atoms with Crippen LogP contribution >= 0.6 is 0 Å². The van der Waals surface area contributed by atoms with E-state index in [9.17, 15) is 4.39 Å². The third-order valence-corrected chi connectivity index (χ3v) is 2.59. The highest BCUT2D eigenvalue weighted by Gasteiger charge is 2.24. The maximum absolute atomic E-state index is 12.9. The molecule has 14 heavy (non-hydrogen) atoms. The molecule has 2 unspecified atom stereocenters. The molecule has 0 aromatic carbocycles. The molecule has 1 fully saturated rings. The summed E-state index contributed by atoms with van der Waals surface area (Å²) in [6.45, 7) is 1.90. The fourth-order valence-corrected chi connectivity index (χ4v) is 1.80. The summed E-state index contributed by atoms with van der Waals surface area (Å²) in [4.78, 5) is 8.29. The van der Waals surface area contributed by atoms with E-state index in [-0.39, 0.29) is 6.04 Å². The largest absolute Gasteiger partial charge is 0.366 e.